The van der Waals surface area contributed by atoms with Gasteiger partial charge in [0.25, 0.3) is 0 Å². The predicted octanol–water partition coefficient (Wildman–Crippen LogP) is 1.72. The number of nitrogens with zero attached hydrogens (tertiary/aromatic N) is 1. The van der Waals surface area contributed by atoms with Gasteiger partial charge >= 0.3 is 0 Å². The Morgan fingerprint density at radius 2 is 2.14 bits per heavy atom. The number of nitrogens with two attached hydrogens (primary N) is 1. The minimum absolute atomic E-state index is 0.0634. The number of nitrogens with one attached hydrogen (secondary N) is 1. The van der Waals surface area contributed by atoms with Crippen molar-refractivity contribution in [2.24, 2.45) is 5.73 Å². The Balaban J connectivity index is 2.21. The molecule has 2 rings (SSSR count). The molecule has 1 saturated carbocycles. The number of rotatable bonds is 7. The van der Waals surface area contributed by atoms with Gasteiger partial charge in [0, 0.05) is 30.3 Å². The summed E-state index contributed by atoms with van der Waals surface area (Å²) in [5.74, 6) is 0.870. The Hall–Kier alpha value is -1.59. The average Bonchev–Trinajstić information content (AvgIpc) is 3.00. The third-order valence-electron chi connectivity index (χ3n) is 4.19. The minimum atomic E-state index is 0.0634. The molecule has 21 heavy (non-hydrogen) atoms. The van der Waals surface area contributed by atoms with Gasteiger partial charge in [0.15, 0.2) is 0 Å². The molecule has 116 valence electrons. The first-order chi connectivity index (χ1) is 10.2. The molecule has 0 spiro atoms. The van der Waals surface area contributed by atoms with E-state index in [2.05, 4.69) is 4.90 Å². The quantitative estimate of drug-likeness (QED) is 0.527. The summed E-state index contributed by atoms with van der Waals surface area (Å²) in [4.78, 5) is 2.31. The summed E-state index contributed by atoms with van der Waals surface area (Å²) >= 11 is 0. The molecule has 0 radical (unpaired) electrons. The van der Waals surface area contributed by atoms with E-state index in [1.165, 1.54) is 25.7 Å². The first kappa shape index (κ1) is 15.8. The van der Waals surface area contributed by atoms with Crippen LogP contribution in [-0.4, -0.2) is 42.1 Å². The average molecular weight is 291 g/mol. The first-order valence-electron chi connectivity index (χ1n) is 7.52. The van der Waals surface area contributed by atoms with Gasteiger partial charge in [0.1, 0.15) is 11.6 Å². The molecular weight excluding hydrogens is 266 g/mol. The number of aliphatic hydroxyl groups excluding tert-OH is 1. The fraction of sp³-hybridized carbons (Fsp3) is 0.562. The Morgan fingerprint density at radius 3 is 2.71 bits per heavy atom. The van der Waals surface area contributed by atoms with Gasteiger partial charge in [-0.15, -0.1) is 0 Å². The lowest BCUT2D eigenvalue weighted by Crippen LogP contribution is -2.35. The highest BCUT2D eigenvalue weighted by Crippen LogP contribution is 2.27. The second kappa shape index (κ2) is 7.43. The van der Waals surface area contributed by atoms with E-state index in [9.17, 15) is 5.11 Å². The van der Waals surface area contributed by atoms with Crippen molar-refractivity contribution in [2.75, 3.05) is 20.3 Å². The zero-order valence-corrected chi connectivity index (χ0v) is 12.6. The lowest BCUT2D eigenvalue weighted by atomic mass is 10.1. The molecule has 1 aliphatic rings. The molecule has 1 aromatic rings. The molecule has 0 aliphatic heterocycles. The van der Waals surface area contributed by atoms with Gasteiger partial charge in [0.05, 0.1) is 13.7 Å². The van der Waals surface area contributed by atoms with Crippen molar-refractivity contribution < 1.29 is 9.84 Å². The van der Waals surface area contributed by atoms with E-state index < -0.39 is 0 Å². The second-order valence-corrected chi connectivity index (χ2v) is 5.57. The van der Waals surface area contributed by atoms with Crippen LogP contribution in [0.2, 0.25) is 0 Å². The maximum atomic E-state index is 9.32. The lowest BCUT2D eigenvalue weighted by Gasteiger charge is -2.28. The molecule has 1 aromatic carbocycles. The molecule has 5 heteroatoms. The number of methoxy groups -OCH3 is 1. The normalized spacial score (nSPS) is 15.6. The highest BCUT2D eigenvalue weighted by molar-refractivity contribution is 5.95. The molecule has 0 heterocycles. The van der Waals surface area contributed by atoms with E-state index in [0.717, 1.165) is 17.9 Å². The van der Waals surface area contributed by atoms with E-state index in [1.54, 1.807) is 13.2 Å². The van der Waals surface area contributed by atoms with Crippen LogP contribution in [0.25, 0.3) is 0 Å². The molecule has 1 fully saturated rings. The SMILES string of the molecule is COc1ccc(C(=N)N)cc1CN(CCO)C1CCCC1. The summed E-state index contributed by atoms with van der Waals surface area (Å²) in [6, 6.07) is 6.11. The van der Waals surface area contributed by atoms with Crippen molar-refractivity contribution in [3.8, 4) is 5.75 Å². The predicted molar refractivity (Wildman–Crippen MR) is 83.8 cm³/mol. The number of amidine groups is 1. The molecule has 1 aliphatic carbocycles. The van der Waals surface area contributed by atoms with Gasteiger partial charge in [-0.25, -0.2) is 0 Å². The number of aliphatic hydroxyl groups is 1. The van der Waals surface area contributed by atoms with Gasteiger partial charge in [0.2, 0.25) is 0 Å². The van der Waals surface area contributed by atoms with Crippen molar-refractivity contribution in [3.63, 3.8) is 0 Å². The Bertz CT molecular complexity index is 484. The number of nitrogen functional groups attached to an aromatic ring is 1. The van der Waals surface area contributed by atoms with Gasteiger partial charge in [-0.05, 0) is 31.0 Å². The largest absolute Gasteiger partial charge is 0.496 e. The summed E-state index contributed by atoms with van der Waals surface area (Å²) < 4.78 is 5.42. The summed E-state index contributed by atoms with van der Waals surface area (Å²) in [6.07, 6.45) is 4.90. The third kappa shape index (κ3) is 3.95. The third-order valence-corrected chi connectivity index (χ3v) is 4.19. The lowest BCUT2D eigenvalue weighted by molar-refractivity contribution is 0.143. The number of ether oxygens (including phenoxy) is 1. The molecule has 0 bridgehead atoms. The molecule has 0 saturated heterocycles. The topological polar surface area (TPSA) is 82.6 Å². The Morgan fingerprint density at radius 1 is 1.43 bits per heavy atom. The monoisotopic (exact) mass is 291 g/mol. The van der Waals surface area contributed by atoms with Crippen LogP contribution in [0.1, 0.15) is 36.8 Å². The number of benzene rings is 1. The van der Waals surface area contributed by atoms with Crippen molar-refractivity contribution >= 4 is 5.84 Å². The van der Waals surface area contributed by atoms with Crippen LogP contribution in [-0.2, 0) is 6.54 Å². The maximum Gasteiger partial charge on any atom is 0.123 e. The van der Waals surface area contributed by atoms with Crippen LogP contribution in [0.4, 0.5) is 0 Å². The van der Waals surface area contributed by atoms with E-state index >= 15 is 0 Å². The van der Waals surface area contributed by atoms with Gasteiger partial charge in [-0.2, -0.15) is 0 Å². The van der Waals surface area contributed by atoms with Crippen LogP contribution in [0, 0.1) is 5.41 Å². The summed E-state index contributed by atoms with van der Waals surface area (Å²) in [7, 11) is 1.65. The van der Waals surface area contributed by atoms with Crippen LogP contribution in [0.5, 0.6) is 5.75 Å². The highest BCUT2D eigenvalue weighted by Gasteiger charge is 2.23. The van der Waals surface area contributed by atoms with Crippen LogP contribution < -0.4 is 10.5 Å². The highest BCUT2D eigenvalue weighted by atomic mass is 16.5. The molecular formula is C16H25N3O2. The summed E-state index contributed by atoms with van der Waals surface area (Å²) in [6.45, 7) is 1.54. The van der Waals surface area contributed by atoms with Crippen molar-refractivity contribution in [1.82, 2.24) is 4.90 Å². The smallest absolute Gasteiger partial charge is 0.123 e. The molecule has 5 nitrogen and oxygen atoms in total. The summed E-state index contributed by atoms with van der Waals surface area (Å²) in [5, 5.41) is 16.9. The molecule has 0 aromatic heterocycles. The van der Waals surface area contributed by atoms with Gasteiger partial charge in [-0.1, -0.05) is 12.8 Å². The van der Waals surface area contributed by atoms with Crippen LogP contribution >= 0.6 is 0 Å². The van der Waals surface area contributed by atoms with Crippen molar-refractivity contribution in [2.45, 2.75) is 38.3 Å². The van der Waals surface area contributed by atoms with E-state index in [0.29, 0.717) is 18.2 Å². The maximum absolute atomic E-state index is 9.32. The zero-order chi connectivity index (χ0) is 15.2. The fourth-order valence-corrected chi connectivity index (χ4v) is 3.08. The summed E-state index contributed by atoms with van der Waals surface area (Å²) in [5.41, 5.74) is 7.30. The molecule has 0 atom stereocenters. The van der Waals surface area contributed by atoms with Gasteiger partial charge in [-0.3, -0.25) is 10.3 Å². The van der Waals surface area contributed by atoms with E-state index in [-0.39, 0.29) is 12.4 Å². The van der Waals surface area contributed by atoms with Gasteiger partial charge < -0.3 is 15.6 Å². The fourth-order valence-electron chi connectivity index (χ4n) is 3.08. The van der Waals surface area contributed by atoms with E-state index in [4.69, 9.17) is 15.9 Å². The molecule has 4 N–H and O–H groups in total. The second-order valence-electron chi connectivity index (χ2n) is 5.57. The van der Waals surface area contributed by atoms with Crippen LogP contribution in [0.15, 0.2) is 18.2 Å². The minimum Gasteiger partial charge on any atom is -0.496 e. The van der Waals surface area contributed by atoms with E-state index in [1.807, 2.05) is 12.1 Å². The zero-order valence-electron chi connectivity index (χ0n) is 12.6. The molecule has 0 amide bonds. The van der Waals surface area contributed by atoms with Crippen LogP contribution in [0.3, 0.4) is 0 Å². The Labute approximate surface area is 126 Å². The number of hydrogen-bond acceptors (Lipinski definition) is 4. The molecule has 0 unspecified atom stereocenters. The first-order valence-corrected chi connectivity index (χ1v) is 7.52. The number of hydrogen-bond donors (Lipinski definition) is 3. The van der Waals surface area contributed by atoms with Crippen molar-refractivity contribution in [1.29, 1.82) is 5.41 Å². The standard InChI is InChI=1S/C16H25N3O2/c1-21-15-7-6-12(16(17)18)10-13(15)11-19(8-9-20)14-4-2-3-5-14/h6-7,10,14,20H,2-5,8-9,11H2,1H3,(H3,17,18). The van der Waals surface area contributed by atoms with Crippen molar-refractivity contribution in [3.05, 3.63) is 29.3 Å². The Kier molecular flexibility index (Phi) is 5.59.